The standard InChI is InChI=1S/C16H22N4O2S2/c1-4-9-17-15-19-20-16(24-15)23-10-14(21)18-11(2)12-7-5-6-8-13(12)22-3/h5-8,11H,4,9-10H2,1-3H3,(H,17,19)(H,18,21). The highest BCUT2D eigenvalue weighted by molar-refractivity contribution is 8.01. The van der Waals surface area contributed by atoms with Gasteiger partial charge in [-0.1, -0.05) is 48.2 Å². The van der Waals surface area contributed by atoms with Gasteiger partial charge >= 0.3 is 0 Å². The Morgan fingerprint density at radius 1 is 1.38 bits per heavy atom. The van der Waals surface area contributed by atoms with E-state index < -0.39 is 0 Å². The topological polar surface area (TPSA) is 76.1 Å². The fourth-order valence-corrected chi connectivity index (χ4v) is 3.67. The fraction of sp³-hybridized carbons (Fsp3) is 0.438. The molecule has 0 radical (unpaired) electrons. The molecule has 1 aromatic heterocycles. The highest BCUT2D eigenvalue weighted by atomic mass is 32.2. The van der Waals surface area contributed by atoms with Crippen LogP contribution in [-0.4, -0.2) is 35.5 Å². The predicted octanol–water partition coefficient (Wildman–Crippen LogP) is 3.34. The van der Waals surface area contributed by atoms with Crippen molar-refractivity contribution in [1.82, 2.24) is 15.5 Å². The lowest BCUT2D eigenvalue weighted by molar-refractivity contribution is -0.119. The summed E-state index contributed by atoms with van der Waals surface area (Å²) in [4.78, 5) is 12.1. The van der Waals surface area contributed by atoms with Crippen LogP contribution < -0.4 is 15.4 Å². The van der Waals surface area contributed by atoms with Crippen LogP contribution in [-0.2, 0) is 4.79 Å². The van der Waals surface area contributed by atoms with Crippen molar-refractivity contribution in [2.75, 3.05) is 24.7 Å². The summed E-state index contributed by atoms with van der Waals surface area (Å²) >= 11 is 2.86. The van der Waals surface area contributed by atoms with E-state index in [1.54, 1.807) is 7.11 Å². The van der Waals surface area contributed by atoms with Crippen molar-refractivity contribution >= 4 is 34.1 Å². The number of rotatable bonds is 9. The number of nitrogens with one attached hydrogen (secondary N) is 2. The Balaban J connectivity index is 1.83. The molecule has 1 heterocycles. The summed E-state index contributed by atoms with van der Waals surface area (Å²) in [6, 6.07) is 7.56. The molecule has 0 spiro atoms. The quantitative estimate of drug-likeness (QED) is 0.663. The third-order valence-electron chi connectivity index (χ3n) is 3.24. The third-order valence-corrected chi connectivity index (χ3v) is 5.26. The van der Waals surface area contributed by atoms with Gasteiger partial charge in [0.2, 0.25) is 11.0 Å². The second kappa shape index (κ2) is 9.48. The van der Waals surface area contributed by atoms with Gasteiger partial charge in [-0.2, -0.15) is 0 Å². The number of carbonyl (C=O) groups is 1. The number of hydrogen-bond acceptors (Lipinski definition) is 7. The summed E-state index contributed by atoms with van der Waals surface area (Å²) in [7, 11) is 1.63. The number of ether oxygens (including phenoxy) is 1. The van der Waals surface area contributed by atoms with E-state index in [0.717, 1.165) is 33.7 Å². The molecular weight excluding hydrogens is 344 g/mol. The maximum absolute atomic E-state index is 12.1. The van der Waals surface area contributed by atoms with Crippen LogP contribution >= 0.6 is 23.1 Å². The molecule has 0 saturated heterocycles. The van der Waals surface area contributed by atoms with Crippen molar-refractivity contribution in [2.45, 2.75) is 30.6 Å². The number of amides is 1. The number of thioether (sulfide) groups is 1. The minimum absolute atomic E-state index is 0.0447. The summed E-state index contributed by atoms with van der Waals surface area (Å²) in [6.07, 6.45) is 1.03. The van der Waals surface area contributed by atoms with Crippen LogP contribution in [0.25, 0.3) is 0 Å². The van der Waals surface area contributed by atoms with Crippen LogP contribution in [0, 0.1) is 0 Å². The molecule has 0 saturated carbocycles. The van der Waals surface area contributed by atoms with Crippen LogP contribution in [0.2, 0.25) is 0 Å². The van der Waals surface area contributed by atoms with E-state index in [9.17, 15) is 4.79 Å². The SMILES string of the molecule is CCCNc1nnc(SCC(=O)NC(C)c2ccccc2OC)s1. The molecular formula is C16H22N4O2S2. The van der Waals surface area contributed by atoms with Crippen molar-refractivity contribution in [2.24, 2.45) is 0 Å². The summed E-state index contributed by atoms with van der Waals surface area (Å²) in [5.74, 6) is 1.03. The lowest BCUT2D eigenvalue weighted by Crippen LogP contribution is -2.28. The molecule has 1 aromatic carbocycles. The number of nitrogens with zero attached hydrogens (tertiary/aromatic N) is 2. The molecule has 8 heteroatoms. The fourth-order valence-electron chi connectivity index (χ4n) is 2.08. The van der Waals surface area contributed by atoms with Crippen LogP contribution in [0.15, 0.2) is 28.6 Å². The molecule has 2 aromatic rings. The van der Waals surface area contributed by atoms with E-state index in [1.807, 2.05) is 31.2 Å². The van der Waals surface area contributed by atoms with Gasteiger partial charge in [-0.25, -0.2) is 0 Å². The Kier molecular flexibility index (Phi) is 7.33. The van der Waals surface area contributed by atoms with Crippen molar-refractivity contribution in [3.8, 4) is 5.75 Å². The number of hydrogen-bond donors (Lipinski definition) is 2. The van der Waals surface area contributed by atoms with Crippen molar-refractivity contribution in [1.29, 1.82) is 0 Å². The van der Waals surface area contributed by atoms with Gasteiger partial charge in [-0.05, 0) is 19.4 Å². The van der Waals surface area contributed by atoms with Crippen LogP contribution in [0.3, 0.4) is 0 Å². The smallest absolute Gasteiger partial charge is 0.230 e. The van der Waals surface area contributed by atoms with Gasteiger partial charge in [0, 0.05) is 12.1 Å². The van der Waals surface area contributed by atoms with E-state index in [2.05, 4.69) is 27.8 Å². The first-order chi connectivity index (χ1) is 11.6. The minimum atomic E-state index is -0.120. The maximum Gasteiger partial charge on any atom is 0.230 e. The Morgan fingerprint density at radius 3 is 2.92 bits per heavy atom. The van der Waals surface area contributed by atoms with Gasteiger partial charge in [-0.15, -0.1) is 10.2 Å². The number of anilines is 1. The first-order valence-electron chi connectivity index (χ1n) is 7.76. The molecule has 0 bridgehead atoms. The molecule has 1 amide bonds. The summed E-state index contributed by atoms with van der Waals surface area (Å²) in [5.41, 5.74) is 0.959. The molecule has 0 aliphatic heterocycles. The maximum atomic E-state index is 12.1. The zero-order valence-electron chi connectivity index (χ0n) is 14.0. The molecule has 2 N–H and O–H groups in total. The van der Waals surface area contributed by atoms with E-state index in [1.165, 1.54) is 23.1 Å². The van der Waals surface area contributed by atoms with Crippen LogP contribution in [0.5, 0.6) is 5.75 Å². The first kappa shape index (κ1) is 18.5. The van der Waals surface area contributed by atoms with E-state index in [4.69, 9.17) is 4.74 Å². The number of para-hydroxylation sites is 1. The van der Waals surface area contributed by atoms with Gasteiger partial charge in [0.05, 0.1) is 18.9 Å². The Hall–Kier alpha value is -1.80. The zero-order chi connectivity index (χ0) is 17.4. The Morgan fingerprint density at radius 2 is 2.17 bits per heavy atom. The molecule has 0 aliphatic rings. The van der Waals surface area contributed by atoms with Crippen molar-refractivity contribution < 1.29 is 9.53 Å². The van der Waals surface area contributed by atoms with Gasteiger partial charge in [-0.3, -0.25) is 4.79 Å². The predicted molar refractivity (Wildman–Crippen MR) is 99.0 cm³/mol. The second-order valence-corrected chi connectivity index (χ2v) is 7.32. The van der Waals surface area contributed by atoms with Crippen molar-refractivity contribution in [3.63, 3.8) is 0 Å². The first-order valence-corrected chi connectivity index (χ1v) is 9.56. The molecule has 24 heavy (non-hydrogen) atoms. The largest absolute Gasteiger partial charge is 0.496 e. The zero-order valence-corrected chi connectivity index (χ0v) is 15.7. The van der Waals surface area contributed by atoms with Gasteiger partial charge in [0.1, 0.15) is 5.75 Å². The highest BCUT2D eigenvalue weighted by Crippen LogP contribution is 2.26. The molecule has 1 unspecified atom stereocenters. The van der Waals surface area contributed by atoms with Gasteiger partial charge in [0.25, 0.3) is 0 Å². The van der Waals surface area contributed by atoms with Gasteiger partial charge in [0.15, 0.2) is 4.34 Å². The molecule has 1 atom stereocenters. The molecule has 130 valence electrons. The summed E-state index contributed by atoms with van der Waals surface area (Å²) in [6.45, 7) is 4.91. The lowest BCUT2D eigenvalue weighted by Gasteiger charge is -2.16. The van der Waals surface area contributed by atoms with Crippen LogP contribution in [0.4, 0.5) is 5.13 Å². The molecule has 0 fully saturated rings. The summed E-state index contributed by atoms with van der Waals surface area (Å²) < 4.78 is 6.12. The Labute approximate surface area is 150 Å². The number of benzene rings is 1. The number of carbonyl (C=O) groups excluding carboxylic acids is 1. The van der Waals surface area contributed by atoms with Crippen molar-refractivity contribution in [3.05, 3.63) is 29.8 Å². The average molecular weight is 367 g/mol. The van der Waals surface area contributed by atoms with E-state index in [-0.39, 0.29) is 11.9 Å². The second-order valence-electron chi connectivity index (χ2n) is 5.12. The minimum Gasteiger partial charge on any atom is -0.496 e. The molecule has 2 rings (SSSR count). The van der Waals surface area contributed by atoms with E-state index in [0.29, 0.717) is 5.75 Å². The Bertz CT molecular complexity index is 663. The number of aromatic nitrogens is 2. The highest BCUT2D eigenvalue weighted by Gasteiger charge is 2.14. The monoisotopic (exact) mass is 366 g/mol. The van der Waals surface area contributed by atoms with Gasteiger partial charge < -0.3 is 15.4 Å². The lowest BCUT2D eigenvalue weighted by atomic mass is 10.1. The number of methoxy groups -OCH3 is 1. The normalized spacial score (nSPS) is 11.8. The molecule has 0 aliphatic carbocycles. The third kappa shape index (κ3) is 5.38. The summed E-state index contributed by atoms with van der Waals surface area (Å²) in [5, 5.41) is 15.1. The average Bonchev–Trinajstić information content (AvgIpc) is 3.06. The van der Waals surface area contributed by atoms with Crippen LogP contribution in [0.1, 0.15) is 31.9 Å². The molecule has 6 nitrogen and oxygen atoms in total. The van der Waals surface area contributed by atoms with E-state index >= 15 is 0 Å².